The van der Waals surface area contributed by atoms with Crippen LogP contribution in [0.15, 0.2) is 29.3 Å². The van der Waals surface area contributed by atoms with Gasteiger partial charge in [-0.05, 0) is 75.9 Å². The van der Waals surface area contributed by atoms with Crippen LogP contribution in [0.5, 0.6) is 0 Å². The predicted octanol–water partition coefficient (Wildman–Crippen LogP) is 2.61. The molecule has 6 nitrogen and oxygen atoms in total. The summed E-state index contributed by atoms with van der Waals surface area (Å²) in [6.45, 7) is 10.5. The first kappa shape index (κ1) is 23.2. The number of likely N-dealkylation sites (tertiary alicyclic amines) is 1. The second-order valence-corrected chi connectivity index (χ2v) is 8.00. The molecule has 1 aromatic rings. The molecule has 1 aliphatic rings. The van der Waals surface area contributed by atoms with E-state index in [4.69, 9.17) is 4.99 Å². The van der Waals surface area contributed by atoms with E-state index in [0.29, 0.717) is 0 Å². The van der Waals surface area contributed by atoms with Crippen molar-refractivity contribution >= 4 is 11.9 Å². The maximum Gasteiger partial charge on any atom is 0.253 e. The topological polar surface area (TPSA) is 60.0 Å². The van der Waals surface area contributed by atoms with Crippen LogP contribution in [0.3, 0.4) is 0 Å². The molecule has 0 atom stereocenters. The van der Waals surface area contributed by atoms with Gasteiger partial charge in [0.2, 0.25) is 0 Å². The highest BCUT2D eigenvalue weighted by Crippen LogP contribution is 2.20. The van der Waals surface area contributed by atoms with Gasteiger partial charge in [0.05, 0.1) is 0 Å². The number of nitrogens with zero attached hydrogens (tertiary/aromatic N) is 3. The molecule has 1 saturated heterocycles. The minimum absolute atomic E-state index is 0.0412. The fourth-order valence-electron chi connectivity index (χ4n) is 3.74. The van der Waals surface area contributed by atoms with Gasteiger partial charge >= 0.3 is 0 Å². The van der Waals surface area contributed by atoms with Gasteiger partial charge in [0.25, 0.3) is 5.91 Å². The smallest absolute Gasteiger partial charge is 0.253 e. The van der Waals surface area contributed by atoms with E-state index in [1.807, 2.05) is 18.2 Å². The molecule has 1 amide bonds. The number of rotatable bonds is 9. The van der Waals surface area contributed by atoms with E-state index in [1.54, 1.807) is 19.0 Å². The average molecular weight is 402 g/mol. The number of hydrogen-bond donors (Lipinski definition) is 2. The zero-order valence-corrected chi connectivity index (χ0v) is 18.7. The van der Waals surface area contributed by atoms with Crippen LogP contribution in [0.1, 0.15) is 49.0 Å². The van der Waals surface area contributed by atoms with Gasteiger partial charge in [-0.3, -0.25) is 9.79 Å². The maximum atomic E-state index is 12.1. The van der Waals surface area contributed by atoms with Crippen LogP contribution in [0.25, 0.3) is 0 Å². The Morgan fingerprint density at radius 1 is 1.21 bits per heavy atom. The molecule has 0 aliphatic carbocycles. The molecule has 1 aromatic carbocycles. The molecule has 1 heterocycles. The van der Waals surface area contributed by atoms with Crippen LogP contribution in [-0.4, -0.2) is 75.0 Å². The molecule has 0 spiro atoms. The van der Waals surface area contributed by atoms with Crippen molar-refractivity contribution in [2.75, 3.05) is 53.4 Å². The minimum Gasteiger partial charge on any atom is -0.357 e. The number of amides is 1. The van der Waals surface area contributed by atoms with Crippen LogP contribution in [0, 0.1) is 5.92 Å². The molecular weight excluding hydrogens is 362 g/mol. The Morgan fingerprint density at radius 2 is 1.97 bits per heavy atom. The van der Waals surface area contributed by atoms with Crippen LogP contribution in [0.2, 0.25) is 0 Å². The van der Waals surface area contributed by atoms with E-state index in [1.165, 1.54) is 38.9 Å². The number of nitrogens with one attached hydrogen (secondary N) is 2. The van der Waals surface area contributed by atoms with Gasteiger partial charge in [-0.2, -0.15) is 0 Å². The molecular formula is C23H39N5O. The van der Waals surface area contributed by atoms with E-state index in [2.05, 4.69) is 35.4 Å². The quantitative estimate of drug-likeness (QED) is 0.493. The lowest BCUT2D eigenvalue weighted by Gasteiger charge is -2.30. The molecule has 2 rings (SSSR count). The monoisotopic (exact) mass is 401 g/mol. The number of guanidine groups is 1. The van der Waals surface area contributed by atoms with Crippen LogP contribution < -0.4 is 10.6 Å². The fourth-order valence-corrected chi connectivity index (χ4v) is 3.74. The molecule has 0 radical (unpaired) electrons. The SMILES string of the molecule is CCNC(=NCCC1CCN(CC)CC1)NCCc1cccc(C(=O)N(C)C)c1. The van der Waals surface area contributed by atoms with Crippen molar-refractivity contribution in [3.05, 3.63) is 35.4 Å². The highest BCUT2D eigenvalue weighted by molar-refractivity contribution is 5.94. The van der Waals surface area contributed by atoms with Gasteiger partial charge in [-0.1, -0.05) is 19.1 Å². The van der Waals surface area contributed by atoms with Gasteiger partial charge < -0.3 is 20.4 Å². The second-order valence-electron chi connectivity index (χ2n) is 8.00. The molecule has 0 bridgehead atoms. The highest BCUT2D eigenvalue weighted by atomic mass is 16.2. The van der Waals surface area contributed by atoms with E-state index in [0.717, 1.165) is 49.1 Å². The minimum atomic E-state index is 0.0412. The Hall–Kier alpha value is -2.08. The van der Waals surface area contributed by atoms with Gasteiger partial charge in [0, 0.05) is 39.3 Å². The molecule has 1 fully saturated rings. The van der Waals surface area contributed by atoms with Gasteiger partial charge in [-0.15, -0.1) is 0 Å². The summed E-state index contributed by atoms with van der Waals surface area (Å²) < 4.78 is 0. The largest absolute Gasteiger partial charge is 0.357 e. The van der Waals surface area contributed by atoms with E-state index < -0.39 is 0 Å². The maximum absolute atomic E-state index is 12.1. The van der Waals surface area contributed by atoms with Crippen molar-refractivity contribution in [1.82, 2.24) is 20.4 Å². The van der Waals surface area contributed by atoms with E-state index >= 15 is 0 Å². The van der Waals surface area contributed by atoms with Crippen molar-refractivity contribution in [2.24, 2.45) is 10.9 Å². The number of benzene rings is 1. The zero-order chi connectivity index (χ0) is 21.1. The number of aliphatic imine (C=N–C) groups is 1. The lowest BCUT2D eigenvalue weighted by molar-refractivity contribution is 0.0827. The molecule has 2 N–H and O–H groups in total. The third kappa shape index (κ3) is 8.05. The molecule has 0 saturated carbocycles. The van der Waals surface area contributed by atoms with Crippen molar-refractivity contribution in [3.8, 4) is 0 Å². The Bertz CT molecular complexity index is 650. The molecule has 29 heavy (non-hydrogen) atoms. The lowest BCUT2D eigenvalue weighted by Crippen LogP contribution is -2.38. The zero-order valence-electron chi connectivity index (χ0n) is 18.7. The van der Waals surface area contributed by atoms with Gasteiger partial charge in [-0.25, -0.2) is 0 Å². The van der Waals surface area contributed by atoms with Crippen LogP contribution in [0.4, 0.5) is 0 Å². The van der Waals surface area contributed by atoms with Crippen LogP contribution in [-0.2, 0) is 6.42 Å². The highest BCUT2D eigenvalue weighted by Gasteiger charge is 2.17. The van der Waals surface area contributed by atoms with Crippen molar-refractivity contribution in [2.45, 2.75) is 39.5 Å². The summed E-state index contributed by atoms with van der Waals surface area (Å²) in [7, 11) is 3.56. The predicted molar refractivity (Wildman–Crippen MR) is 122 cm³/mol. The Labute approximate surface area is 176 Å². The first-order chi connectivity index (χ1) is 14.0. The number of piperidine rings is 1. The number of carbonyl (C=O) groups excluding carboxylic acids is 1. The summed E-state index contributed by atoms with van der Waals surface area (Å²) in [5.74, 6) is 1.74. The third-order valence-corrected chi connectivity index (χ3v) is 5.59. The summed E-state index contributed by atoms with van der Waals surface area (Å²) in [6.07, 6.45) is 4.63. The molecule has 1 aliphatic heterocycles. The lowest BCUT2D eigenvalue weighted by atomic mass is 9.94. The summed E-state index contributed by atoms with van der Waals surface area (Å²) in [6, 6.07) is 7.88. The van der Waals surface area contributed by atoms with Crippen molar-refractivity contribution in [3.63, 3.8) is 0 Å². The summed E-state index contributed by atoms with van der Waals surface area (Å²) >= 11 is 0. The Kier molecular flexibility index (Phi) is 9.98. The number of hydrogen-bond acceptors (Lipinski definition) is 3. The van der Waals surface area contributed by atoms with Crippen molar-refractivity contribution < 1.29 is 4.79 Å². The first-order valence-corrected chi connectivity index (χ1v) is 11.1. The summed E-state index contributed by atoms with van der Waals surface area (Å²) in [5, 5.41) is 6.77. The normalized spacial score (nSPS) is 15.9. The summed E-state index contributed by atoms with van der Waals surface area (Å²) in [4.78, 5) is 21.0. The molecule has 6 heteroatoms. The molecule has 162 valence electrons. The van der Waals surface area contributed by atoms with Crippen molar-refractivity contribution in [1.29, 1.82) is 0 Å². The van der Waals surface area contributed by atoms with Gasteiger partial charge in [0.1, 0.15) is 0 Å². The fraction of sp³-hybridized carbons (Fsp3) is 0.652. The second kappa shape index (κ2) is 12.5. The number of carbonyl (C=O) groups is 1. The van der Waals surface area contributed by atoms with E-state index in [9.17, 15) is 4.79 Å². The summed E-state index contributed by atoms with van der Waals surface area (Å²) in [5.41, 5.74) is 1.89. The Balaban J connectivity index is 1.78. The average Bonchev–Trinajstić information content (AvgIpc) is 2.74. The van der Waals surface area contributed by atoms with E-state index in [-0.39, 0.29) is 5.91 Å². The van der Waals surface area contributed by atoms with Gasteiger partial charge in [0.15, 0.2) is 5.96 Å². The Morgan fingerprint density at radius 3 is 2.62 bits per heavy atom. The van der Waals surface area contributed by atoms with Crippen LogP contribution >= 0.6 is 0 Å². The standard InChI is InChI=1S/C23H39N5O/c1-5-24-23(25-14-10-19-12-16-28(6-2)17-13-19)26-15-11-20-8-7-9-21(18-20)22(29)27(3)4/h7-9,18-19H,5-6,10-17H2,1-4H3,(H2,24,25,26). The third-order valence-electron chi connectivity index (χ3n) is 5.59. The first-order valence-electron chi connectivity index (χ1n) is 11.1. The molecule has 0 unspecified atom stereocenters. The molecule has 0 aromatic heterocycles.